The molecule has 2 aromatic heterocycles. The van der Waals surface area contributed by atoms with Gasteiger partial charge < -0.3 is 28.8 Å². The van der Waals surface area contributed by atoms with Crippen LogP contribution in [0.1, 0.15) is 23.0 Å². The number of aromatic nitrogens is 4. The molecule has 10 heteroatoms. The van der Waals surface area contributed by atoms with Gasteiger partial charge >= 0.3 is 0 Å². The Kier molecular flexibility index (Phi) is 4.39. The van der Waals surface area contributed by atoms with Crippen LogP contribution in [0.15, 0.2) is 41.5 Å². The van der Waals surface area contributed by atoms with Gasteiger partial charge in [0.15, 0.2) is 23.0 Å². The van der Waals surface area contributed by atoms with E-state index < -0.39 is 0 Å². The molecular weight excluding hydrogens is 426 g/mol. The highest BCUT2D eigenvalue weighted by Gasteiger charge is 2.34. The number of methoxy groups -OCH3 is 2. The molecule has 33 heavy (non-hydrogen) atoms. The van der Waals surface area contributed by atoms with Gasteiger partial charge in [0, 0.05) is 24.7 Å². The number of anilines is 1. The van der Waals surface area contributed by atoms with E-state index in [1.165, 1.54) is 7.11 Å². The second kappa shape index (κ2) is 7.44. The van der Waals surface area contributed by atoms with Crippen molar-refractivity contribution in [2.45, 2.75) is 12.5 Å². The third-order valence-corrected chi connectivity index (χ3v) is 6.11. The van der Waals surface area contributed by atoms with Crippen LogP contribution in [0.5, 0.6) is 23.0 Å². The van der Waals surface area contributed by atoms with Crippen LogP contribution in [0, 0.1) is 0 Å². The quantitative estimate of drug-likeness (QED) is 0.491. The van der Waals surface area contributed by atoms with Crippen LogP contribution in [-0.4, -0.2) is 47.5 Å². The molecule has 4 aromatic rings. The van der Waals surface area contributed by atoms with Gasteiger partial charge in [-0.1, -0.05) is 6.07 Å². The van der Waals surface area contributed by atoms with E-state index in [1.54, 1.807) is 25.6 Å². The van der Waals surface area contributed by atoms with E-state index in [4.69, 9.17) is 23.9 Å². The monoisotopic (exact) mass is 447 g/mol. The van der Waals surface area contributed by atoms with Crippen LogP contribution in [0.2, 0.25) is 0 Å². The molecule has 2 aliphatic heterocycles. The Morgan fingerprint density at radius 1 is 1.09 bits per heavy atom. The third kappa shape index (κ3) is 3.05. The van der Waals surface area contributed by atoms with Crippen molar-refractivity contribution in [2.24, 2.45) is 0 Å². The molecule has 0 fully saturated rings. The first-order chi connectivity index (χ1) is 16.2. The second-order valence-electron chi connectivity index (χ2n) is 7.84. The van der Waals surface area contributed by atoms with Gasteiger partial charge in [0.25, 0.3) is 5.56 Å². The lowest BCUT2D eigenvalue weighted by molar-refractivity contribution is 0.174. The summed E-state index contributed by atoms with van der Waals surface area (Å²) in [5.41, 5.74) is 3.16. The highest BCUT2D eigenvalue weighted by Crippen LogP contribution is 2.40. The molecule has 0 saturated carbocycles. The van der Waals surface area contributed by atoms with E-state index in [2.05, 4.69) is 19.9 Å². The van der Waals surface area contributed by atoms with Crippen molar-refractivity contribution in [3.05, 3.63) is 64.0 Å². The Labute approximate surface area is 188 Å². The van der Waals surface area contributed by atoms with Gasteiger partial charge in [-0.2, -0.15) is 0 Å². The fraction of sp³-hybridized carbons (Fsp3) is 0.261. The van der Waals surface area contributed by atoms with Crippen molar-refractivity contribution >= 4 is 16.9 Å². The summed E-state index contributed by atoms with van der Waals surface area (Å²) < 4.78 is 21.8. The molecule has 0 radical (unpaired) electrons. The maximum Gasteiger partial charge on any atom is 0.260 e. The molecule has 6 rings (SSSR count). The number of H-pyrrole nitrogens is 2. The van der Waals surface area contributed by atoms with E-state index >= 15 is 0 Å². The molecule has 0 saturated heterocycles. The lowest BCUT2D eigenvalue weighted by Gasteiger charge is -2.35. The van der Waals surface area contributed by atoms with Crippen molar-refractivity contribution in [3.63, 3.8) is 0 Å². The Hall–Kier alpha value is -4.21. The second-order valence-corrected chi connectivity index (χ2v) is 7.84. The minimum absolute atomic E-state index is 0.200. The van der Waals surface area contributed by atoms with Gasteiger partial charge in [-0.05, 0) is 23.8 Å². The van der Waals surface area contributed by atoms with E-state index in [-0.39, 0.29) is 18.4 Å². The minimum atomic E-state index is -0.268. The lowest BCUT2D eigenvalue weighted by Crippen LogP contribution is -2.38. The van der Waals surface area contributed by atoms with E-state index in [0.717, 1.165) is 23.4 Å². The van der Waals surface area contributed by atoms with Crippen LogP contribution in [0.4, 0.5) is 5.95 Å². The fourth-order valence-electron chi connectivity index (χ4n) is 4.52. The molecular formula is C23H21N5O5. The first-order valence-electron chi connectivity index (χ1n) is 10.5. The van der Waals surface area contributed by atoms with Gasteiger partial charge in [0.05, 0.1) is 37.1 Å². The maximum absolute atomic E-state index is 13.0. The van der Waals surface area contributed by atoms with Crippen molar-refractivity contribution in [1.82, 2.24) is 19.9 Å². The maximum atomic E-state index is 13.0. The number of nitrogens with zero attached hydrogens (tertiary/aromatic N) is 3. The van der Waals surface area contributed by atoms with Gasteiger partial charge in [-0.3, -0.25) is 9.78 Å². The van der Waals surface area contributed by atoms with Crippen molar-refractivity contribution in [2.75, 3.05) is 32.5 Å². The Morgan fingerprint density at radius 3 is 2.76 bits per heavy atom. The van der Waals surface area contributed by atoms with Gasteiger partial charge in [0.2, 0.25) is 12.7 Å². The molecule has 1 atom stereocenters. The summed E-state index contributed by atoms with van der Waals surface area (Å²) in [4.78, 5) is 30.6. The summed E-state index contributed by atoms with van der Waals surface area (Å²) in [7, 11) is 3.09. The molecule has 2 aromatic carbocycles. The molecule has 0 amide bonds. The fourth-order valence-corrected chi connectivity index (χ4v) is 4.52. The van der Waals surface area contributed by atoms with Crippen LogP contribution < -0.4 is 29.4 Å². The summed E-state index contributed by atoms with van der Waals surface area (Å²) in [6.45, 7) is 0.835. The number of nitrogens with one attached hydrogen (secondary N) is 2. The smallest absolute Gasteiger partial charge is 0.260 e. The SMILES string of the molecule is COc1cc2nc(N3CCc4[nH]cnc4C3c3ccc4c(c3)OCO4)[nH]c(=O)c2cc1OC. The summed E-state index contributed by atoms with van der Waals surface area (Å²) in [6, 6.07) is 8.92. The topological polar surface area (TPSA) is 115 Å². The van der Waals surface area contributed by atoms with Crippen LogP contribution in [-0.2, 0) is 6.42 Å². The average Bonchev–Trinajstić information content (AvgIpc) is 3.51. The van der Waals surface area contributed by atoms with E-state index in [0.29, 0.717) is 46.4 Å². The van der Waals surface area contributed by atoms with Crippen molar-refractivity contribution in [1.29, 1.82) is 0 Å². The first-order valence-corrected chi connectivity index (χ1v) is 10.5. The zero-order valence-electron chi connectivity index (χ0n) is 18.0. The van der Waals surface area contributed by atoms with Crippen LogP contribution in [0.25, 0.3) is 10.9 Å². The predicted molar refractivity (Wildman–Crippen MR) is 120 cm³/mol. The number of benzene rings is 2. The molecule has 0 spiro atoms. The Balaban J connectivity index is 1.50. The third-order valence-electron chi connectivity index (χ3n) is 6.11. The van der Waals surface area contributed by atoms with Gasteiger partial charge in [-0.15, -0.1) is 0 Å². The molecule has 0 aliphatic carbocycles. The lowest BCUT2D eigenvalue weighted by atomic mass is 9.95. The number of ether oxygens (including phenoxy) is 4. The molecule has 1 unspecified atom stereocenters. The molecule has 168 valence electrons. The number of aromatic amines is 2. The van der Waals surface area contributed by atoms with Crippen LogP contribution in [0.3, 0.4) is 0 Å². The van der Waals surface area contributed by atoms with Crippen molar-refractivity contribution in [3.8, 4) is 23.0 Å². The minimum Gasteiger partial charge on any atom is -0.493 e. The molecule has 2 N–H and O–H groups in total. The van der Waals surface area contributed by atoms with Gasteiger partial charge in [-0.25, -0.2) is 9.97 Å². The summed E-state index contributed by atoms with van der Waals surface area (Å²) >= 11 is 0. The molecule has 4 heterocycles. The highest BCUT2D eigenvalue weighted by molar-refractivity contribution is 5.83. The number of hydrogen-bond acceptors (Lipinski definition) is 8. The predicted octanol–water partition coefficient (Wildman–Crippen LogP) is 2.54. The zero-order valence-corrected chi connectivity index (χ0v) is 18.0. The van der Waals surface area contributed by atoms with E-state index in [1.807, 2.05) is 18.2 Å². The molecule has 2 aliphatic rings. The summed E-state index contributed by atoms with van der Waals surface area (Å²) in [5.74, 6) is 2.83. The molecule has 10 nitrogen and oxygen atoms in total. The molecule has 0 bridgehead atoms. The number of rotatable bonds is 4. The summed E-state index contributed by atoms with van der Waals surface area (Å²) in [6.07, 6.45) is 2.44. The standard InChI is InChI=1S/C23H21N5O5/c1-30-17-8-13-15(9-18(17)31-2)26-23(27-22(13)29)28-6-5-14-20(25-10-24-14)21(28)12-3-4-16-19(7-12)33-11-32-16/h3-4,7-10,21H,5-6,11H2,1-2H3,(H,24,25)(H,26,27,29). The zero-order chi connectivity index (χ0) is 22.5. The number of fused-ring (bicyclic) bond motifs is 3. The first kappa shape index (κ1) is 19.5. The highest BCUT2D eigenvalue weighted by atomic mass is 16.7. The van der Waals surface area contributed by atoms with Crippen LogP contribution >= 0.6 is 0 Å². The van der Waals surface area contributed by atoms with E-state index in [9.17, 15) is 4.79 Å². The Bertz CT molecular complexity index is 1430. The number of imidazole rings is 1. The average molecular weight is 447 g/mol. The summed E-state index contributed by atoms with van der Waals surface area (Å²) in [5, 5.41) is 0.425. The number of hydrogen-bond donors (Lipinski definition) is 2. The normalized spacial score (nSPS) is 16.7. The van der Waals surface area contributed by atoms with Gasteiger partial charge in [0.1, 0.15) is 6.04 Å². The van der Waals surface area contributed by atoms with Crippen molar-refractivity contribution < 1.29 is 18.9 Å². The Morgan fingerprint density at radius 2 is 1.91 bits per heavy atom. The largest absolute Gasteiger partial charge is 0.493 e.